The van der Waals surface area contributed by atoms with Gasteiger partial charge in [0.15, 0.2) is 0 Å². The number of rotatable bonds is 4. The van der Waals surface area contributed by atoms with Crippen molar-refractivity contribution in [3.8, 4) is 5.75 Å². The van der Waals surface area contributed by atoms with Crippen molar-refractivity contribution in [1.82, 2.24) is 4.73 Å². The first-order chi connectivity index (χ1) is 12.0. The van der Waals surface area contributed by atoms with Crippen molar-refractivity contribution in [2.75, 3.05) is 7.11 Å². The van der Waals surface area contributed by atoms with Gasteiger partial charge in [-0.25, -0.2) is 0 Å². The summed E-state index contributed by atoms with van der Waals surface area (Å²) in [5.41, 5.74) is 1.00. The average molecular weight is 336 g/mol. The van der Waals surface area contributed by atoms with Gasteiger partial charge in [0.25, 0.3) is 11.3 Å². The van der Waals surface area contributed by atoms with Gasteiger partial charge in [0.1, 0.15) is 11.3 Å². The molecular formula is C19H16N2O4. The summed E-state index contributed by atoms with van der Waals surface area (Å²) < 4.78 is 6.25. The van der Waals surface area contributed by atoms with E-state index in [-0.39, 0.29) is 22.4 Å². The van der Waals surface area contributed by atoms with Crippen LogP contribution in [0.15, 0.2) is 54.6 Å². The number of para-hydroxylation sites is 2. The molecule has 2 aromatic carbocycles. The lowest BCUT2D eigenvalue weighted by Crippen LogP contribution is -2.29. The summed E-state index contributed by atoms with van der Waals surface area (Å²) in [6, 6.07) is 13.5. The fraction of sp³-hybridized carbons (Fsp3) is 0.105. The topological polar surface area (TPSA) is 77.3 Å². The van der Waals surface area contributed by atoms with E-state index in [1.165, 1.54) is 19.1 Å². The van der Waals surface area contributed by atoms with Crippen molar-refractivity contribution in [2.45, 2.75) is 6.92 Å². The van der Waals surface area contributed by atoms with Gasteiger partial charge in [-0.05, 0) is 36.8 Å². The SMILES string of the molecule is COc1cccc(/C=C/C(=O)c2c(C)n([O-])c3ccccc3[n+]2=O)c1. The number of benzene rings is 2. The van der Waals surface area contributed by atoms with Gasteiger partial charge in [0.05, 0.1) is 17.2 Å². The molecular weight excluding hydrogens is 320 g/mol. The number of aromatic nitrogens is 2. The van der Waals surface area contributed by atoms with Crippen LogP contribution in [0.25, 0.3) is 17.1 Å². The second kappa shape index (κ2) is 6.60. The number of allylic oxidation sites excluding steroid dienone is 1. The minimum Gasteiger partial charge on any atom is -0.805 e. The maximum Gasteiger partial charge on any atom is 0.329 e. The Bertz CT molecular complexity index is 1050. The minimum atomic E-state index is -0.536. The summed E-state index contributed by atoms with van der Waals surface area (Å²) in [6.07, 6.45) is 2.86. The lowest BCUT2D eigenvalue weighted by molar-refractivity contribution is -0.468. The van der Waals surface area contributed by atoms with Crippen molar-refractivity contribution >= 4 is 22.9 Å². The zero-order chi connectivity index (χ0) is 18.0. The standard InChI is InChI=1S/C19H16N2O4/c1-13-19(21(24)17-9-4-3-8-16(17)20(13)23)18(22)11-10-14-6-5-7-15(12-14)25-2/h3-12H,1-2H3/b11-10+. The van der Waals surface area contributed by atoms with Gasteiger partial charge in [0.2, 0.25) is 0 Å². The highest BCUT2D eigenvalue weighted by atomic mass is 16.5. The third-order valence-electron chi connectivity index (χ3n) is 3.92. The molecule has 0 unspecified atom stereocenters. The molecule has 0 saturated heterocycles. The number of ketones is 1. The Labute approximate surface area is 143 Å². The van der Waals surface area contributed by atoms with Crippen LogP contribution < -0.4 is 9.16 Å². The van der Waals surface area contributed by atoms with Crippen molar-refractivity contribution in [2.24, 2.45) is 0 Å². The maximum atomic E-state index is 12.5. The Balaban J connectivity index is 2.05. The molecule has 1 aromatic heterocycles. The van der Waals surface area contributed by atoms with Gasteiger partial charge in [0, 0.05) is 11.0 Å². The number of carbonyl (C=O) groups is 1. The lowest BCUT2D eigenvalue weighted by atomic mass is 10.1. The van der Waals surface area contributed by atoms with E-state index < -0.39 is 5.78 Å². The van der Waals surface area contributed by atoms with Gasteiger partial charge in [-0.3, -0.25) is 4.79 Å². The van der Waals surface area contributed by atoms with Gasteiger partial charge in [-0.2, -0.15) is 0 Å². The summed E-state index contributed by atoms with van der Waals surface area (Å²) in [6.45, 7) is 1.46. The molecule has 0 aliphatic heterocycles. The molecule has 0 radical (unpaired) electrons. The molecule has 0 N–H and O–H groups in total. The maximum absolute atomic E-state index is 12.5. The highest BCUT2D eigenvalue weighted by molar-refractivity contribution is 6.05. The summed E-state index contributed by atoms with van der Waals surface area (Å²) in [7, 11) is 1.56. The molecule has 1 heterocycles. The first-order valence-electron chi connectivity index (χ1n) is 7.64. The van der Waals surface area contributed by atoms with E-state index in [1.807, 2.05) is 0 Å². The molecule has 3 rings (SSSR count). The Morgan fingerprint density at radius 1 is 1.20 bits per heavy atom. The molecule has 25 heavy (non-hydrogen) atoms. The minimum absolute atomic E-state index is 0.0639. The van der Waals surface area contributed by atoms with Crippen LogP contribution in [-0.2, 0) is 0 Å². The van der Waals surface area contributed by atoms with Crippen molar-refractivity contribution in [1.29, 1.82) is 0 Å². The quantitative estimate of drug-likeness (QED) is 0.417. The van der Waals surface area contributed by atoms with E-state index in [0.717, 1.165) is 5.56 Å². The number of hydrogen-bond acceptors (Lipinski definition) is 4. The number of hydrogen-bond donors (Lipinski definition) is 0. The number of nitrogens with zero attached hydrogens (tertiary/aromatic N) is 2. The molecule has 0 spiro atoms. The summed E-state index contributed by atoms with van der Waals surface area (Å²) in [5.74, 6) is 0.124. The number of methoxy groups -OCH3 is 1. The largest absolute Gasteiger partial charge is 0.805 e. The van der Waals surface area contributed by atoms with Crippen LogP contribution in [0.5, 0.6) is 5.75 Å². The average Bonchev–Trinajstić information content (AvgIpc) is 2.65. The second-order valence-electron chi connectivity index (χ2n) is 5.49. The molecule has 0 aliphatic rings. The molecule has 0 atom stereocenters. The smallest absolute Gasteiger partial charge is 0.329 e. The predicted octanol–water partition coefficient (Wildman–Crippen LogP) is 3.11. The molecule has 0 aliphatic carbocycles. The van der Waals surface area contributed by atoms with E-state index in [9.17, 15) is 14.9 Å². The highest BCUT2D eigenvalue weighted by Gasteiger charge is 2.24. The molecule has 0 fully saturated rings. The normalized spacial score (nSPS) is 11.1. The summed E-state index contributed by atoms with van der Waals surface area (Å²) in [4.78, 5) is 25.1. The van der Waals surface area contributed by atoms with Crippen LogP contribution in [0.3, 0.4) is 0 Å². The van der Waals surface area contributed by atoms with Gasteiger partial charge >= 0.3 is 5.69 Å². The fourth-order valence-electron chi connectivity index (χ4n) is 2.63. The van der Waals surface area contributed by atoms with Crippen molar-refractivity contribution < 1.29 is 14.0 Å². The summed E-state index contributed by atoms with van der Waals surface area (Å²) in [5, 5.41) is 12.3. The predicted molar refractivity (Wildman–Crippen MR) is 95.2 cm³/mol. The van der Waals surface area contributed by atoms with Crippen LogP contribution >= 0.6 is 0 Å². The van der Waals surface area contributed by atoms with Crippen LogP contribution in [0.1, 0.15) is 21.7 Å². The van der Waals surface area contributed by atoms with Crippen LogP contribution in [0, 0.1) is 17.0 Å². The molecule has 0 bridgehead atoms. The Morgan fingerprint density at radius 2 is 1.96 bits per heavy atom. The highest BCUT2D eigenvalue weighted by Crippen LogP contribution is 2.16. The van der Waals surface area contributed by atoms with Gasteiger partial charge in [-0.15, -0.1) is 0 Å². The van der Waals surface area contributed by atoms with Crippen molar-refractivity contribution in [3.63, 3.8) is 0 Å². The fourth-order valence-corrected chi connectivity index (χ4v) is 2.63. The number of fused-ring (bicyclic) bond motifs is 1. The molecule has 0 amide bonds. The molecule has 0 saturated carbocycles. The van der Waals surface area contributed by atoms with Crippen molar-refractivity contribution in [3.05, 3.63) is 81.7 Å². The van der Waals surface area contributed by atoms with Gasteiger partial charge < -0.3 is 14.7 Å². The third kappa shape index (κ3) is 3.01. The first kappa shape index (κ1) is 16.4. The zero-order valence-corrected chi connectivity index (χ0v) is 13.8. The van der Waals surface area contributed by atoms with Crippen LogP contribution in [-0.4, -0.2) is 17.6 Å². The van der Waals surface area contributed by atoms with Crippen LogP contribution in [0.4, 0.5) is 0 Å². The van der Waals surface area contributed by atoms with Gasteiger partial charge in [-0.1, -0.05) is 30.3 Å². The zero-order valence-electron chi connectivity index (χ0n) is 13.8. The van der Waals surface area contributed by atoms with E-state index in [4.69, 9.17) is 4.74 Å². The van der Waals surface area contributed by atoms with E-state index in [1.54, 1.807) is 55.7 Å². The van der Waals surface area contributed by atoms with E-state index in [2.05, 4.69) is 0 Å². The molecule has 3 aromatic rings. The Kier molecular flexibility index (Phi) is 4.35. The Hall–Kier alpha value is -3.41. The lowest BCUT2D eigenvalue weighted by Gasteiger charge is -2.15. The second-order valence-corrected chi connectivity index (χ2v) is 5.49. The number of ether oxygens (including phenoxy) is 1. The van der Waals surface area contributed by atoms with Crippen LogP contribution in [0.2, 0.25) is 0 Å². The number of carbonyl (C=O) groups excluding carboxylic acids is 1. The van der Waals surface area contributed by atoms with E-state index in [0.29, 0.717) is 14.9 Å². The molecule has 6 nitrogen and oxygen atoms in total. The molecule has 126 valence electrons. The first-order valence-corrected chi connectivity index (χ1v) is 7.64. The monoisotopic (exact) mass is 336 g/mol. The Morgan fingerprint density at radius 3 is 2.72 bits per heavy atom. The summed E-state index contributed by atoms with van der Waals surface area (Å²) >= 11 is 0. The molecule has 6 heteroatoms. The third-order valence-corrected chi connectivity index (χ3v) is 3.92. The van der Waals surface area contributed by atoms with E-state index >= 15 is 0 Å².